The third-order valence-electron chi connectivity index (χ3n) is 3.06. The van der Waals surface area contributed by atoms with E-state index in [4.69, 9.17) is 10.3 Å². The average molecular weight is 339 g/mol. The van der Waals surface area contributed by atoms with E-state index in [0.29, 0.717) is 11.8 Å². The minimum Gasteiger partial charge on any atom is -0.363 e. The summed E-state index contributed by atoms with van der Waals surface area (Å²) in [5.74, 6) is 0.144. The highest BCUT2D eigenvalue weighted by Gasteiger charge is 2.32. The Hall–Kier alpha value is -2.03. The van der Waals surface area contributed by atoms with Crippen molar-refractivity contribution in [1.29, 1.82) is 0 Å². The Bertz CT molecular complexity index is 628. The van der Waals surface area contributed by atoms with Gasteiger partial charge in [0.05, 0.1) is 4.47 Å². The van der Waals surface area contributed by atoms with Crippen LogP contribution in [0.3, 0.4) is 0 Å². The molecule has 0 saturated carbocycles. The smallest absolute Gasteiger partial charge is 0.290 e. The quantitative estimate of drug-likeness (QED) is 0.890. The van der Waals surface area contributed by atoms with Crippen molar-refractivity contribution in [3.8, 4) is 0 Å². The van der Waals surface area contributed by atoms with Crippen LogP contribution < -0.4 is 10.6 Å². The molecule has 1 unspecified atom stereocenters. The van der Waals surface area contributed by atoms with Gasteiger partial charge < -0.3 is 15.2 Å². The Morgan fingerprint density at radius 1 is 1.45 bits per heavy atom. The van der Waals surface area contributed by atoms with Gasteiger partial charge in [-0.15, -0.1) is 0 Å². The van der Waals surface area contributed by atoms with E-state index in [-0.39, 0.29) is 11.9 Å². The molecule has 1 amide bonds. The fourth-order valence-corrected chi connectivity index (χ4v) is 2.39. The standard InChI is InChI=1S/C11H11BrN6O2/c12-6-4-14-11(15-5-6)18-3-1-2-7(18)10-16-9(8(13)19)17-20-10/h4-5,7H,1-3H2,(H2,13,19). The summed E-state index contributed by atoms with van der Waals surface area (Å²) >= 11 is 3.30. The molecule has 1 atom stereocenters. The molecule has 0 aromatic carbocycles. The van der Waals surface area contributed by atoms with Crippen LogP contribution in [-0.2, 0) is 0 Å². The molecule has 2 aromatic heterocycles. The van der Waals surface area contributed by atoms with Gasteiger partial charge in [-0.1, -0.05) is 5.16 Å². The highest BCUT2D eigenvalue weighted by molar-refractivity contribution is 9.10. The summed E-state index contributed by atoms with van der Waals surface area (Å²) in [7, 11) is 0. The zero-order valence-electron chi connectivity index (χ0n) is 10.4. The van der Waals surface area contributed by atoms with E-state index in [9.17, 15) is 4.79 Å². The van der Waals surface area contributed by atoms with Gasteiger partial charge in [0.15, 0.2) is 0 Å². The molecule has 0 spiro atoms. The van der Waals surface area contributed by atoms with E-state index in [1.807, 2.05) is 4.90 Å². The van der Waals surface area contributed by atoms with Gasteiger partial charge in [0.1, 0.15) is 6.04 Å². The minimum absolute atomic E-state index is 0.108. The van der Waals surface area contributed by atoms with E-state index < -0.39 is 5.91 Å². The lowest BCUT2D eigenvalue weighted by molar-refractivity contribution is 0.0987. The van der Waals surface area contributed by atoms with Crippen molar-refractivity contribution in [3.05, 3.63) is 28.6 Å². The second-order valence-electron chi connectivity index (χ2n) is 4.37. The van der Waals surface area contributed by atoms with E-state index in [1.165, 1.54) is 0 Å². The summed E-state index contributed by atoms with van der Waals surface area (Å²) < 4.78 is 5.93. The number of carbonyl (C=O) groups excluding carboxylic acids is 1. The molecule has 2 N–H and O–H groups in total. The molecule has 3 heterocycles. The van der Waals surface area contributed by atoms with Crippen LogP contribution in [-0.4, -0.2) is 32.6 Å². The summed E-state index contributed by atoms with van der Waals surface area (Å²) in [6.07, 6.45) is 5.15. The van der Waals surface area contributed by atoms with Crippen molar-refractivity contribution in [3.63, 3.8) is 0 Å². The molecule has 1 aliphatic heterocycles. The largest absolute Gasteiger partial charge is 0.363 e. The predicted molar refractivity (Wildman–Crippen MR) is 71.9 cm³/mol. The number of carbonyl (C=O) groups is 1. The number of primary amides is 1. The fraction of sp³-hybridized carbons (Fsp3) is 0.364. The maximum atomic E-state index is 11.0. The van der Waals surface area contributed by atoms with Gasteiger partial charge in [0.2, 0.25) is 11.8 Å². The van der Waals surface area contributed by atoms with Gasteiger partial charge in [-0.25, -0.2) is 9.97 Å². The summed E-state index contributed by atoms with van der Waals surface area (Å²) in [5, 5.41) is 3.57. The lowest BCUT2D eigenvalue weighted by atomic mass is 10.2. The van der Waals surface area contributed by atoms with Gasteiger partial charge in [-0.05, 0) is 28.8 Å². The maximum Gasteiger partial charge on any atom is 0.290 e. The predicted octanol–water partition coefficient (Wildman–Crippen LogP) is 1.06. The van der Waals surface area contributed by atoms with Crippen LogP contribution in [0.25, 0.3) is 0 Å². The number of halogens is 1. The monoisotopic (exact) mass is 338 g/mol. The number of anilines is 1. The molecule has 3 rings (SSSR count). The van der Waals surface area contributed by atoms with Crippen LogP contribution in [0.2, 0.25) is 0 Å². The third-order valence-corrected chi connectivity index (χ3v) is 3.47. The number of hydrogen-bond donors (Lipinski definition) is 1. The number of aromatic nitrogens is 4. The molecule has 2 aromatic rings. The SMILES string of the molecule is NC(=O)c1noc(C2CCCN2c2ncc(Br)cn2)n1. The first-order chi connectivity index (χ1) is 9.65. The van der Waals surface area contributed by atoms with E-state index >= 15 is 0 Å². The number of nitrogens with two attached hydrogens (primary N) is 1. The maximum absolute atomic E-state index is 11.0. The fourth-order valence-electron chi connectivity index (χ4n) is 2.19. The Labute approximate surface area is 122 Å². The first-order valence-electron chi connectivity index (χ1n) is 6.03. The summed E-state index contributed by atoms with van der Waals surface area (Å²) in [6.45, 7) is 0.792. The lowest BCUT2D eigenvalue weighted by Crippen LogP contribution is -2.25. The van der Waals surface area contributed by atoms with E-state index in [1.54, 1.807) is 12.4 Å². The normalized spacial score (nSPS) is 18.4. The molecule has 104 valence electrons. The molecular formula is C11H11BrN6O2. The van der Waals surface area contributed by atoms with E-state index in [2.05, 4.69) is 36.0 Å². The van der Waals surface area contributed by atoms with Crippen molar-refractivity contribution in [2.24, 2.45) is 5.73 Å². The first-order valence-corrected chi connectivity index (χ1v) is 6.82. The second-order valence-corrected chi connectivity index (χ2v) is 5.29. The van der Waals surface area contributed by atoms with Crippen LogP contribution in [0.4, 0.5) is 5.95 Å². The van der Waals surface area contributed by atoms with Gasteiger partial charge in [0.25, 0.3) is 11.7 Å². The van der Waals surface area contributed by atoms with Crippen molar-refractivity contribution < 1.29 is 9.32 Å². The molecule has 1 aliphatic rings. The van der Waals surface area contributed by atoms with Gasteiger partial charge in [-0.3, -0.25) is 4.79 Å². The van der Waals surface area contributed by atoms with Crippen molar-refractivity contribution in [2.75, 3.05) is 11.4 Å². The number of rotatable bonds is 3. The molecule has 1 saturated heterocycles. The molecular weight excluding hydrogens is 328 g/mol. The molecule has 20 heavy (non-hydrogen) atoms. The topological polar surface area (TPSA) is 111 Å². The molecule has 0 aliphatic carbocycles. The van der Waals surface area contributed by atoms with Gasteiger partial charge >= 0.3 is 0 Å². The third kappa shape index (κ3) is 2.36. The van der Waals surface area contributed by atoms with Crippen LogP contribution >= 0.6 is 15.9 Å². The highest BCUT2D eigenvalue weighted by atomic mass is 79.9. The van der Waals surface area contributed by atoms with Gasteiger partial charge in [-0.2, -0.15) is 4.98 Å². The second kappa shape index (κ2) is 5.16. The number of amides is 1. The molecule has 0 bridgehead atoms. The summed E-state index contributed by atoms with van der Waals surface area (Å²) in [4.78, 5) is 25.5. The van der Waals surface area contributed by atoms with Crippen molar-refractivity contribution >= 4 is 27.8 Å². The zero-order valence-corrected chi connectivity index (χ0v) is 11.9. The molecule has 8 nitrogen and oxygen atoms in total. The van der Waals surface area contributed by atoms with Crippen LogP contribution in [0.5, 0.6) is 0 Å². The molecule has 0 radical (unpaired) electrons. The Balaban J connectivity index is 1.88. The highest BCUT2D eigenvalue weighted by Crippen LogP contribution is 2.33. The first kappa shape index (κ1) is 13.0. The zero-order chi connectivity index (χ0) is 14.1. The van der Waals surface area contributed by atoms with Crippen LogP contribution in [0.1, 0.15) is 35.4 Å². The van der Waals surface area contributed by atoms with E-state index in [0.717, 1.165) is 23.9 Å². The lowest BCUT2D eigenvalue weighted by Gasteiger charge is -2.21. The average Bonchev–Trinajstić information content (AvgIpc) is 3.08. The summed E-state index contributed by atoms with van der Waals surface area (Å²) in [5.41, 5.74) is 5.12. The molecule has 9 heteroatoms. The Morgan fingerprint density at radius 3 is 2.85 bits per heavy atom. The van der Waals surface area contributed by atoms with Crippen molar-refractivity contribution in [2.45, 2.75) is 18.9 Å². The number of nitrogens with zero attached hydrogens (tertiary/aromatic N) is 5. The van der Waals surface area contributed by atoms with Crippen LogP contribution in [0.15, 0.2) is 21.4 Å². The van der Waals surface area contributed by atoms with Crippen LogP contribution in [0, 0.1) is 0 Å². The van der Waals surface area contributed by atoms with Crippen molar-refractivity contribution in [1.82, 2.24) is 20.1 Å². The van der Waals surface area contributed by atoms with Gasteiger partial charge in [0, 0.05) is 18.9 Å². The number of hydrogen-bond acceptors (Lipinski definition) is 7. The summed E-state index contributed by atoms with van der Waals surface area (Å²) in [6, 6.07) is -0.128. The molecule has 1 fully saturated rings. The Kier molecular flexibility index (Phi) is 3.35. The Morgan fingerprint density at radius 2 is 2.20 bits per heavy atom. The minimum atomic E-state index is -0.704.